The maximum Gasteiger partial charge on any atom is 0.513 e. The normalized spacial score (nSPS) is 16.1. The van der Waals surface area contributed by atoms with Gasteiger partial charge in [-0.05, 0) is 42.0 Å². The van der Waals surface area contributed by atoms with Crippen LogP contribution in [0.25, 0.3) is 11.0 Å². The minimum atomic E-state index is -1.56. The van der Waals surface area contributed by atoms with Gasteiger partial charge in [0.1, 0.15) is 11.7 Å². The van der Waals surface area contributed by atoms with Crippen LogP contribution in [0.4, 0.5) is 9.59 Å². The number of carbonyl (C=O) groups is 2. The van der Waals surface area contributed by atoms with Gasteiger partial charge in [0, 0.05) is 6.42 Å². The minimum absolute atomic E-state index is 0.320. The molecule has 1 aliphatic rings. The highest BCUT2D eigenvalue weighted by molar-refractivity contribution is 5.83. The van der Waals surface area contributed by atoms with Crippen molar-refractivity contribution in [2.75, 3.05) is 0 Å². The molecule has 0 bridgehead atoms. The average Bonchev–Trinajstić information content (AvgIpc) is 2.54. The summed E-state index contributed by atoms with van der Waals surface area (Å²) in [7, 11) is 0. The van der Waals surface area contributed by atoms with Crippen LogP contribution in [-0.2, 0) is 24.0 Å². The maximum absolute atomic E-state index is 12.4. The van der Waals surface area contributed by atoms with Crippen molar-refractivity contribution in [1.82, 2.24) is 0 Å². The fourth-order valence-electron chi connectivity index (χ4n) is 3.47. The number of carboxylic acid groups (broad SMARTS) is 2. The number of hydrogen-bond donors (Lipinski definition) is 2. The third-order valence-electron chi connectivity index (χ3n) is 4.43. The number of rotatable bonds is 4. The summed E-state index contributed by atoms with van der Waals surface area (Å²) in [6.07, 6.45) is -0.365. The van der Waals surface area contributed by atoms with Gasteiger partial charge in [0.25, 0.3) is 5.95 Å². The molecule has 0 amide bonds. The number of aryl methyl sites for hydroxylation is 1. The zero-order valence-corrected chi connectivity index (χ0v) is 14.1. The van der Waals surface area contributed by atoms with Crippen molar-refractivity contribution >= 4 is 23.3 Å². The van der Waals surface area contributed by atoms with E-state index in [4.69, 9.17) is 19.4 Å². The van der Waals surface area contributed by atoms with Crippen molar-refractivity contribution < 1.29 is 33.7 Å². The second-order valence-electron chi connectivity index (χ2n) is 6.17. The maximum atomic E-state index is 12.4. The third-order valence-corrected chi connectivity index (χ3v) is 4.43. The van der Waals surface area contributed by atoms with E-state index in [1.807, 2.05) is 6.92 Å². The molecule has 0 saturated carbocycles. The quantitative estimate of drug-likeness (QED) is 0.794. The lowest BCUT2D eigenvalue weighted by Crippen LogP contribution is -2.26. The van der Waals surface area contributed by atoms with Gasteiger partial charge in [-0.15, -0.1) is 0 Å². The summed E-state index contributed by atoms with van der Waals surface area (Å²) >= 11 is 0. The number of fused-ring (bicyclic) bond motifs is 2. The predicted octanol–water partition coefficient (Wildman–Crippen LogP) is 3.35. The average molecular weight is 362 g/mol. The molecule has 138 valence electrons. The molecule has 1 atom stereocenters. The Morgan fingerprint density at radius 2 is 2.04 bits per heavy atom. The van der Waals surface area contributed by atoms with Gasteiger partial charge in [-0.1, -0.05) is 13.3 Å². The van der Waals surface area contributed by atoms with E-state index >= 15 is 0 Å². The van der Waals surface area contributed by atoms with E-state index < -0.39 is 23.8 Å². The predicted molar refractivity (Wildman–Crippen MR) is 90.1 cm³/mol. The number of hydrogen-bond acceptors (Lipinski definition) is 6. The highest BCUT2D eigenvalue weighted by Crippen LogP contribution is 2.33. The highest BCUT2D eigenvalue weighted by Gasteiger charge is 2.26. The van der Waals surface area contributed by atoms with E-state index in [1.165, 1.54) is 0 Å². The Bertz CT molecular complexity index is 927. The van der Waals surface area contributed by atoms with Crippen LogP contribution in [0, 0.1) is 0 Å². The fourth-order valence-corrected chi connectivity index (χ4v) is 3.47. The number of ether oxygens (including phenoxy) is 2. The summed E-state index contributed by atoms with van der Waals surface area (Å²) in [4.78, 5) is 34.0. The molecular formula is C18H18O8. The zero-order chi connectivity index (χ0) is 18.8. The molecular weight excluding hydrogens is 344 g/mol. The molecule has 3 rings (SSSR count). The van der Waals surface area contributed by atoms with E-state index in [-0.39, 0.29) is 5.95 Å². The van der Waals surface area contributed by atoms with Gasteiger partial charge in [-0.2, -0.15) is 0 Å². The SMILES string of the molecule is CCCc1c2c(cc3c(=O)cc(OC(=O)O)oc13)CC(OC(=O)O)CC2. The first kappa shape index (κ1) is 17.8. The molecule has 0 radical (unpaired) electrons. The van der Waals surface area contributed by atoms with Crippen LogP contribution in [0.3, 0.4) is 0 Å². The van der Waals surface area contributed by atoms with E-state index in [2.05, 4.69) is 4.74 Å². The second-order valence-corrected chi connectivity index (χ2v) is 6.17. The van der Waals surface area contributed by atoms with Crippen LogP contribution >= 0.6 is 0 Å². The van der Waals surface area contributed by atoms with Crippen molar-refractivity contribution in [3.8, 4) is 5.95 Å². The molecule has 1 aliphatic carbocycles. The summed E-state index contributed by atoms with van der Waals surface area (Å²) in [5.74, 6) is -0.366. The first-order valence-electron chi connectivity index (χ1n) is 8.30. The first-order chi connectivity index (χ1) is 12.4. The summed E-state index contributed by atoms with van der Waals surface area (Å²) in [5.41, 5.74) is 2.61. The smallest absolute Gasteiger partial charge is 0.450 e. The largest absolute Gasteiger partial charge is 0.513 e. The van der Waals surface area contributed by atoms with E-state index in [0.717, 1.165) is 29.2 Å². The monoisotopic (exact) mass is 362 g/mol. The van der Waals surface area contributed by atoms with Gasteiger partial charge < -0.3 is 24.1 Å². The first-order valence-corrected chi connectivity index (χ1v) is 8.30. The lowest BCUT2D eigenvalue weighted by molar-refractivity contribution is 0.0461. The molecule has 2 N–H and O–H groups in total. The van der Waals surface area contributed by atoms with Gasteiger partial charge in [-0.3, -0.25) is 4.79 Å². The van der Waals surface area contributed by atoms with E-state index in [0.29, 0.717) is 36.7 Å². The second kappa shape index (κ2) is 7.07. The Kier molecular flexibility index (Phi) is 4.83. The molecule has 2 aromatic rings. The van der Waals surface area contributed by atoms with Crippen molar-refractivity contribution in [2.45, 2.75) is 45.1 Å². The highest BCUT2D eigenvalue weighted by atomic mass is 16.7. The summed E-state index contributed by atoms with van der Waals surface area (Å²) < 4.78 is 15.0. The molecule has 1 heterocycles. The van der Waals surface area contributed by atoms with Gasteiger partial charge >= 0.3 is 12.3 Å². The van der Waals surface area contributed by atoms with Crippen LogP contribution in [0.5, 0.6) is 5.95 Å². The van der Waals surface area contributed by atoms with Crippen molar-refractivity contribution in [2.24, 2.45) is 0 Å². The number of benzene rings is 1. The molecule has 1 unspecified atom stereocenters. The van der Waals surface area contributed by atoms with Crippen molar-refractivity contribution in [3.63, 3.8) is 0 Å². The Hall–Kier alpha value is -3.03. The summed E-state index contributed by atoms with van der Waals surface area (Å²) in [6, 6.07) is 2.67. The lowest BCUT2D eigenvalue weighted by Gasteiger charge is -2.26. The summed E-state index contributed by atoms with van der Waals surface area (Å²) in [5, 5.41) is 17.9. The van der Waals surface area contributed by atoms with Crippen LogP contribution in [0.1, 0.15) is 36.5 Å². The van der Waals surface area contributed by atoms with Gasteiger partial charge in [-0.25, -0.2) is 9.59 Å². The van der Waals surface area contributed by atoms with Crippen molar-refractivity contribution in [3.05, 3.63) is 39.0 Å². The van der Waals surface area contributed by atoms with Gasteiger partial charge in [0.15, 0.2) is 5.43 Å². The Morgan fingerprint density at radius 1 is 1.27 bits per heavy atom. The van der Waals surface area contributed by atoms with Crippen LogP contribution in [-0.4, -0.2) is 28.6 Å². The summed E-state index contributed by atoms with van der Waals surface area (Å²) in [6.45, 7) is 1.99. The minimum Gasteiger partial charge on any atom is -0.450 e. The molecule has 8 heteroatoms. The Labute approximate surface area is 147 Å². The van der Waals surface area contributed by atoms with Crippen molar-refractivity contribution in [1.29, 1.82) is 0 Å². The van der Waals surface area contributed by atoms with Gasteiger partial charge in [0.05, 0.1) is 11.5 Å². The van der Waals surface area contributed by atoms with Crippen LogP contribution in [0.2, 0.25) is 0 Å². The molecule has 1 aromatic heterocycles. The molecule has 1 aromatic carbocycles. The van der Waals surface area contributed by atoms with E-state index in [9.17, 15) is 14.4 Å². The van der Waals surface area contributed by atoms with Gasteiger partial charge in [0.2, 0.25) is 0 Å². The topological polar surface area (TPSA) is 123 Å². The molecule has 0 fully saturated rings. The fraction of sp³-hybridized carbons (Fsp3) is 0.389. The standard InChI is InChI=1S/C18H18O8/c1-2-3-12-11-5-4-10(24-17(20)21)6-9(11)7-13-14(19)8-15(25-16(12)13)26-18(22)23/h7-8,10H,2-6H2,1H3,(H,20,21)(H,22,23). The molecule has 0 saturated heterocycles. The van der Waals surface area contributed by atoms with Crippen LogP contribution in [0.15, 0.2) is 21.3 Å². The molecule has 8 nitrogen and oxygen atoms in total. The molecule has 26 heavy (non-hydrogen) atoms. The molecule has 0 spiro atoms. The Balaban J connectivity index is 2.15. The third kappa shape index (κ3) is 3.49. The Morgan fingerprint density at radius 3 is 2.69 bits per heavy atom. The molecule has 0 aliphatic heterocycles. The van der Waals surface area contributed by atoms with Crippen LogP contribution < -0.4 is 10.2 Å². The van der Waals surface area contributed by atoms with E-state index in [1.54, 1.807) is 6.07 Å². The lowest BCUT2D eigenvalue weighted by atomic mass is 9.84. The zero-order valence-electron chi connectivity index (χ0n) is 14.1.